The topological polar surface area (TPSA) is 96.5 Å². The number of anilines is 1. The minimum absolute atomic E-state index is 0.0289. The summed E-state index contributed by atoms with van der Waals surface area (Å²) in [5, 5.41) is 5.68. The van der Waals surface area contributed by atoms with Crippen molar-refractivity contribution in [2.45, 2.75) is 45.1 Å². The molecule has 4 rings (SSSR count). The van der Waals surface area contributed by atoms with Crippen LogP contribution in [-0.4, -0.2) is 41.6 Å². The molecule has 1 aromatic heterocycles. The first kappa shape index (κ1) is 22.1. The maximum atomic E-state index is 14.0. The number of ether oxygens (including phenoxy) is 1. The third-order valence-electron chi connectivity index (χ3n) is 5.70. The zero-order chi connectivity index (χ0) is 22.5. The van der Waals surface area contributed by atoms with Gasteiger partial charge < -0.3 is 10.1 Å². The number of halogens is 1. The molecule has 170 valence electrons. The Kier molecular flexibility index (Phi) is 6.94. The number of unbranched alkanes of at least 4 members (excludes halogenated alkanes) is 1. The highest BCUT2D eigenvalue weighted by Gasteiger charge is 2.29. The van der Waals surface area contributed by atoms with E-state index in [4.69, 9.17) is 4.74 Å². The molecule has 0 radical (unpaired) electrons. The van der Waals surface area contributed by atoms with Gasteiger partial charge >= 0.3 is 6.03 Å². The highest BCUT2D eigenvalue weighted by atomic mass is 19.1. The van der Waals surface area contributed by atoms with Crippen molar-refractivity contribution in [1.82, 2.24) is 20.6 Å². The quantitative estimate of drug-likeness (QED) is 0.411. The lowest BCUT2D eigenvalue weighted by atomic mass is 10.1. The number of rotatable bonds is 11. The summed E-state index contributed by atoms with van der Waals surface area (Å²) in [6.45, 7) is 3.44. The summed E-state index contributed by atoms with van der Waals surface area (Å²) >= 11 is 0. The Bertz CT molecular complexity index is 965. The van der Waals surface area contributed by atoms with E-state index in [0.717, 1.165) is 37.1 Å². The lowest BCUT2D eigenvalue weighted by molar-refractivity contribution is -0.117. The van der Waals surface area contributed by atoms with Crippen molar-refractivity contribution in [3.8, 4) is 5.75 Å². The van der Waals surface area contributed by atoms with Crippen LogP contribution in [0.25, 0.3) is 0 Å². The maximum Gasteiger partial charge on any atom is 0.330 e. The zero-order valence-electron chi connectivity index (χ0n) is 18.1. The summed E-state index contributed by atoms with van der Waals surface area (Å²) in [6, 6.07) is 4.68. The molecule has 0 spiro atoms. The average Bonchev–Trinajstić information content (AvgIpc) is 3.55. The molecule has 9 heteroatoms. The average molecular weight is 442 g/mol. The molecule has 2 aliphatic rings. The number of aromatic nitrogens is 2. The van der Waals surface area contributed by atoms with Crippen molar-refractivity contribution in [1.29, 1.82) is 0 Å². The summed E-state index contributed by atoms with van der Waals surface area (Å²) in [4.78, 5) is 32.8. The van der Waals surface area contributed by atoms with E-state index in [1.54, 1.807) is 18.3 Å². The number of urea groups is 1. The van der Waals surface area contributed by atoms with Gasteiger partial charge in [-0.1, -0.05) is 6.07 Å². The number of carbonyl (C=O) groups excluding carboxylic acids is 2. The Balaban J connectivity index is 1.18. The second-order valence-electron chi connectivity index (χ2n) is 8.38. The molecule has 1 aliphatic carbocycles. The van der Waals surface area contributed by atoms with E-state index in [1.165, 1.54) is 30.0 Å². The van der Waals surface area contributed by atoms with Crippen LogP contribution in [0.3, 0.4) is 0 Å². The van der Waals surface area contributed by atoms with Gasteiger partial charge in [-0.3, -0.25) is 20.0 Å². The molecular weight excluding hydrogens is 413 g/mol. The lowest BCUT2D eigenvalue weighted by Crippen LogP contribution is -2.28. The van der Waals surface area contributed by atoms with Gasteiger partial charge in [-0.15, -0.1) is 0 Å². The molecule has 32 heavy (non-hydrogen) atoms. The molecule has 0 unspecified atom stereocenters. The number of aryl methyl sites for hydroxylation is 1. The van der Waals surface area contributed by atoms with Gasteiger partial charge in [0.1, 0.15) is 6.54 Å². The molecule has 1 atom stereocenters. The van der Waals surface area contributed by atoms with Crippen molar-refractivity contribution in [2.24, 2.45) is 5.92 Å². The van der Waals surface area contributed by atoms with Crippen LogP contribution in [0.15, 0.2) is 30.6 Å². The Morgan fingerprint density at radius 1 is 1.25 bits per heavy atom. The standard InChI is InChI=1S/C23H28FN5O3/c1-15(17-7-8-19(24)20(10-17)32-14-16-5-6-16)25-9-3-2-4-18-11-27-21(12-26-18)29-13-22(30)28-23(29)31/h7-8,10-12,15-16,25H,2-6,9,13-14H2,1H3,(H,28,30,31)/t15-/m1/s1. The maximum absolute atomic E-state index is 14.0. The number of hydrogen-bond acceptors (Lipinski definition) is 6. The van der Waals surface area contributed by atoms with E-state index in [-0.39, 0.29) is 24.3 Å². The monoisotopic (exact) mass is 441 g/mol. The fourth-order valence-corrected chi connectivity index (χ4v) is 3.50. The van der Waals surface area contributed by atoms with Crippen LogP contribution in [0.4, 0.5) is 15.0 Å². The number of benzene rings is 1. The van der Waals surface area contributed by atoms with Gasteiger partial charge in [-0.05, 0) is 69.2 Å². The molecule has 8 nitrogen and oxygen atoms in total. The molecular formula is C23H28FN5O3. The first-order chi connectivity index (χ1) is 15.5. The van der Waals surface area contributed by atoms with E-state index < -0.39 is 6.03 Å². The SMILES string of the molecule is C[C@@H](NCCCCc1cnc(N2CC(=O)NC2=O)cn1)c1ccc(F)c(OCC2CC2)c1. The van der Waals surface area contributed by atoms with Crippen LogP contribution in [0.1, 0.15) is 49.9 Å². The fourth-order valence-electron chi connectivity index (χ4n) is 3.50. The Hall–Kier alpha value is -3.07. The highest BCUT2D eigenvalue weighted by molar-refractivity contribution is 6.11. The molecule has 3 amide bonds. The smallest absolute Gasteiger partial charge is 0.330 e. The van der Waals surface area contributed by atoms with Crippen molar-refractivity contribution in [3.63, 3.8) is 0 Å². The predicted molar refractivity (Wildman–Crippen MR) is 117 cm³/mol. The summed E-state index contributed by atoms with van der Waals surface area (Å²) in [6.07, 6.45) is 8.15. The van der Waals surface area contributed by atoms with Gasteiger partial charge in [-0.2, -0.15) is 0 Å². The summed E-state index contributed by atoms with van der Waals surface area (Å²) in [5.41, 5.74) is 1.84. The molecule has 0 bridgehead atoms. The normalized spacial score (nSPS) is 16.9. The number of amides is 3. The zero-order valence-corrected chi connectivity index (χ0v) is 18.1. The first-order valence-corrected chi connectivity index (χ1v) is 11.1. The van der Waals surface area contributed by atoms with Gasteiger partial charge in [0.15, 0.2) is 17.4 Å². The van der Waals surface area contributed by atoms with Crippen LogP contribution in [0, 0.1) is 11.7 Å². The van der Waals surface area contributed by atoms with Gasteiger partial charge in [0.25, 0.3) is 0 Å². The van der Waals surface area contributed by atoms with Crippen LogP contribution < -0.4 is 20.3 Å². The van der Waals surface area contributed by atoms with Crippen LogP contribution in [-0.2, 0) is 11.2 Å². The molecule has 1 saturated heterocycles. The number of imide groups is 1. The second-order valence-corrected chi connectivity index (χ2v) is 8.38. The van der Waals surface area contributed by atoms with Crippen molar-refractivity contribution in [2.75, 3.05) is 24.6 Å². The van der Waals surface area contributed by atoms with Gasteiger partial charge in [0.05, 0.1) is 24.7 Å². The molecule has 2 fully saturated rings. The van der Waals surface area contributed by atoms with E-state index >= 15 is 0 Å². The summed E-state index contributed by atoms with van der Waals surface area (Å²) in [7, 11) is 0. The third-order valence-corrected chi connectivity index (χ3v) is 5.70. The summed E-state index contributed by atoms with van der Waals surface area (Å²) < 4.78 is 19.6. The fraction of sp³-hybridized carbons (Fsp3) is 0.478. The minimum atomic E-state index is -0.472. The molecule has 2 N–H and O–H groups in total. The molecule has 2 heterocycles. The number of nitrogens with one attached hydrogen (secondary N) is 2. The molecule has 2 aromatic rings. The molecule has 1 aromatic carbocycles. The van der Waals surface area contributed by atoms with Crippen LogP contribution in [0.2, 0.25) is 0 Å². The van der Waals surface area contributed by atoms with Gasteiger partial charge in [0, 0.05) is 6.04 Å². The van der Waals surface area contributed by atoms with Crippen molar-refractivity contribution in [3.05, 3.63) is 47.7 Å². The molecule has 1 aliphatic heterocycles. The van der Waals surface area contributed by atoms with Crippen LogP contribution in [0.5, 0.6) is 5.75 Å². The number of carbonyl (C=O) groups is 2. The molecule has 1 saturated carbocycles. The second kappa shape index (κ2) is 10.0. The largest absolute Gasteiger partial charge is 0.490 e. The van der Waals surface area contributed by atoms with E-state index in [0.29, 0.717) is 24.1 Å². The first-order valence-electron chi connectivity index (χ1n) is 11.1. The minimum Gasteiger partial charge on any atom is -0.490 e. The number of hydrogen-bond donors (Lipinski definition) is 2. The van der Waals surface area contributed by atoms with Crippen molar-refractivity contribution >= 4 is 17.8 Å². The van der Waals surface area contributed by atoms with Crippen LogP contribution >= 0.6 is 0 Å². The third kappa shape index (κ3) is 5.79. The van der Waals surface area contributed by atoms with E-state index in [1.807, 2.05) is 0 Å². The van der Waals surface area contributed by atoms with Gasteiger partial charge in [-0.25, -0.2) is 14.2 Å². The van der Waals surface area contributed by atoms with Gasteiger partial charge in [0.2, 0.25) is 5.91 Å². The Morgan fingerprint density at radius 3 is 2.78 bits per heavy atom. The van der Waals surface area contributed by atoms with E-state index in [9.17, 15) is 14.0 Å². The Morgan fingerprint density at radius 2 is 2.09 bits per heavy atom. The predicted octanol–water partition coefficient (Wildman–Crippen LogP) is 3.13. The Labute approximate surface area is 186 Å². The lowest BCUT2D eigenvalue weighted by Gasteiger charge is -2.16. The number of nitrogens with zero attached hydrogens (tertiary/aromatic N) is 3. The summed E-state index contributed by atoms with van der Waals surface area (Å²) in [5.74, 6) is 0.627. The van der Waals surface area contributed by atoms with E-state index in [2.05, 4.69) is 27.5 Å². The van der Waals surface area contributed by atoms with Crippen molar-refractivity contribution < 1.29 is 18.7 Å². The highest BCUT2D eigenvalue weighted by Crippen LogP contribution is 2.31.